The second-order valence-corrected chi connectivity index (χ2v) is 1.92. The number of nitrogens with zero attached hydrogens (tertiary/aromatic N) is 1. The first-order valence-corrected chi connectivity index (χ1v) is 3.44. The van der Waals surface area contributed by atoms with Crippen molar-refractivity contribution in [2.75, 3.05) is 13.7 Å². The van der Waals surface area contributed by atoms with Crippen LogP contribution < -0.4 is 4.74 Å². The van der Waals surface area contributed by atoms with Gasteiger partial charge < -0.3 is 13.9 Å². The normalized spacial score (nSPS) is 9.50. The number of oxazole rings is 1. The van der Waals surface area contributed by atoms with E-state index in [1.54, 1.807) is 6.92 Å². The van der Waals surface area contributed by atoms with Crippen LogP contribution in [0.4, 0.5) is 0 Å². The van der Waals surface area contributed by atoms with Gasteiger partial charge in [0.15, 0.2) is 5.69 Å². The predicted octanol–water partition coefficient (Wildman–Crippen LogP) is 0.860. The molecule has 0 bridgehead atoms. The Labute approximate surface area is 69.3 Å². The van der Waals surface area contributed by atoms with Crippen molar-refractivity contribution in [1.82, 2.24) is 4.98 Å². The third-order valence-corrected chi connectivity index (χ3v) is 1.14. The molecule has 0 fully saturated rings. The average Bonchev–Trinajstić information content (AvgIpc) is 2.52. The van der Waals surface area contributed by atoms with E-state index in [-0.39, 0.29) is 11.8 Å². The molecule has 0 atom stereocenters. The number of esters is 1. The number of methoxy groups -OCH3 is 1. The third-order valence-electron chi connectivity index (χ3n) is 1.14. The first-order valence-electron chi connectivity index (χ1n) is 3.44. The standard InChI is InChI=1S/C7H9NO4/c1-3-11-6(9)5-4-12-7(8-5)10-2/h4H,3H2,1-2H3. The van der Waals surface area contributed by atoms with Gasteiger partial charge in [0.25, 0.3) is 0 Å². The van der Waals surface area contributed by atoms with Crippen molar-refractivity contribution in [1.29, 1.82) is 0 Å². The molecule has 0 amide bonds. The van der Waals surface area contributed by atoms with E-state index in [4.69, 9.17) is 4.42 Å². The van der Waals surface area contributed by atoms with E-state index in [1.165, 1.54) is 13.4 Å². The van der Waals surface area contributed by atoms with Crippen molar-refractivity contribution in [2.45, 2.75) is 6.92 Å². The lowest BCUT2D eigenvalue weighted by Crippen LogP contribution is -2.04. The zero-order valence-electron chi connectivity index (χ0n) is 6.86. The summed E-state index contributed by atoms with van der Waals surface area (Å²) in [4.78, 5) is 14.7. The van der Waals surface area contributed by atoms with Crippen LogP contribution in [0.2, 0.25) is 0 Å². The summed E-state index contributed by atoms with van der Waals surface area (Å²) in [5.41, 5.74) is 0.119. The van der Waals surface area contributed by atoms with Crippen LogP contribution in [-0.2, 0) is 4.74 Å². The molecule has 0 aliphatic rings. The third kappa shape index (κ3) is 1.75. The molecule has 5 heteroatoms. The highest BCUT2D eigenvalue weighted by Gasteiger charge is 2.12. The first-order chi connectivity index (χ1) is 5.77. The number of rotatable bonds is 3. The highest BCUT2D eigenvalue weighted by Crippen LogP contribution is 2.09. The minimum atomic E-state index is -0.510. The van der Waals surface area contributed by atoms with Crippen molar-refractivity contribution >= 4 is 5.97 Å². The van der Waals surface area contributed by atoms with Crippen LogP contribution in [0.1, 0.15) is 17.4 Å². The number of aromatic nitrogens is 1. The molecule has 0 aliphatic heterocycles. The van der Waals surface area contributed by atoms with Gasteiger partial charge in [0.2, 0.25) is 0 Å². The van der Waals surface area contributed by atoms with E-state index in [9.17, 15) is 4.79 Å². The molecule has 1 aromatic rings. The highest BCUT2D eigenvalue weighted by molar-refractivity contribution is 5.86. The lowest BCUT2D eigenvalue weighted by molar-refractivity contribution is 0.0519. The van der Waals surface area contributed by atoms with Gasteiger partial charge in [-0.05, 0) is 6.92 Å². The van der Waals surface area contributed by atoms with Gasteiger partial charge in [-0.25, -0.2) is 4.79 Å². The second-order valence-electron chi connectivity index (χ2n) is 1.92. The molecule has 0 aliphatic carbocycles. The molecule has 1 rings (SSSR count). The maximum absolute atomic E-state index is 11.0. The molecule has 1 aromatic heterocycles. The van der Waals surface area contributed by atoms with Crippen LogP contribution in [0.15, 0.2) is 10.7 Å². The lowest BCUT2D eigenvalue weighted by atomic mass is 10.5. The second kappa shape index (κ2) is 3.75. The van der Waals surface area contributed by atoms with E-state index in [2.05, 4.69) is 14.5 Å². The van der Waals surface area contributed by atoms with Crippen molar-refractivity contribution in [3.8, 4) is 6.08 Å². The van der Waals surface area contributed by atoms with Gasteiger partial charge in [-0.2, -0.15) is 4.98 Å². The first kappa shape index (κ1) is 8.58. The van der Waals surface area contributed by atoms with Crippen LogP contribution in [0.25, 0.3) is 0 Å². The van der Waals surface area contributed by atoms with E-state index < -0.39 is 5.97 Å². The molecule has 1 heterocycles. The monoisotopic (exact) mass is 171 g/mol. The zero-order valence-corrected chi connectivity index (χ0v) is 6.86. The summed E-state index contributed by atoms with van der Waals surface area (Å²) in [5.74, 6) is -0.510. The van der Waals surface area contributed by atoms with E-state index in [0.717, 1.165) is 0 Å². The maximum Gasteiger partial charge on any atom is 0.393 e. The van der Waals surface area contributed by atoms with Gasteiger partial charge in [0.1, 0.15) is 6.26 Å². The Morgan fingerprint density at radius 1 is 1.75 bits per heavy atom. The number of carbonyl (C=O) groups excluding carboxylic acids is 1. The Kier molecular flexibility index (Phi) is 2.68. The molecular formula is C7H9NO4. The number of hydrogen-bond donors (Lipinski definition) is 0. The Balaban J connectivity index is 2.68. The molecule has 66 valence electrons. The van der Waals surface area contributed by atoms with Crippen LogP contribution in [0.5, 0.6) is 6.08 Å². The minimum Gasteiger partial charge on any atom is -0.461 e. The van der Waals surface area contributed by atoms with Crippen molar-refractivity contribution < 1.29 is 18.7 Å². The van der Waals surface area contributed by atoms with Gasteiger partial charge in [0, 0.05) is 0 Å². The topological polar surface area (TPSA) is 61.6 Å². The Morgan fingerprint density at radius 2 is 2.50 bits per heavy atom. The molecule has 0 N–H and O–H groups in total. The average molecular weight is 171 g/mol. The van der Waals surface area contributed by atoms with Crippen LogP contribution >= 0.6 is 0 Å². The van der Waals surface area contributed by atoms with Gasteiger partial charge >= 0.3 is 12.0 Å². The molecule has 0 unspecified atom stereocenters. The molecule has 12 heavy (non-hydrogen) atoms. The number of ether oxygens (including phenoxy) is 2. The molecule has 5 nitrogen and oxygen atoms in total. The molecule has 0 spiro atoms. The largest absolute Gasteiger partial charge is 0.461 e. The lowest BCUT2D eigenvalue weighted by Gasteiger charge is -1.94. The Morgan fingerprint density at radius 3 is 3.00 bits per heavy atom. The molecule has 0 radical (unpaired) electrons. The van der Waals surface area contributed by atoms with Crippen molar-refractivity contribution in [2.24, 2.45) is 0 Å². The van der Waals surface area contributed by atoms with Gasteiger partial charge in [-0.3, -0.25) is 0 Å². The van der Waals surface area contributed by atoms with Crippen molar-refractivity contribution in [3.63, 3.8) is 0 Å². The summed E-state index contributed by atoms with van der Waals surface area (Å²) < 4.78 is 14.1. The number of carbonyl (C=O) groups is 1. The van der Waals surface area contributed by atoms with Gasteiger partial charge in [-0.1, -0.05) is 0 Å². The summed E-state index contributed by atoms with van der Waals surface area (Å²) in [5, 5.41) is 0. The van der Waals surface area contributed by atoms with E-state index in [0.29, 0.717) is 6.61 Å². The fourth-order valence-electron chi connectivity index (χ4n) is 0.650. The van der Waals surface area contributed by atoms with Crippen molar-refractivity contribution in [3.05, 3.63) is 12.0 Å². The Hall–Kier alpha value is -1.52. The molecule has 0 saturated carbocycles. The van der Waals surface area contributed by atoms with Crippen LogP contribution in [0.3, 0.4) is 0 Å². The quantitative estimate of drug-likeness (QED) is 0.631. The van der Waals surface area contributed by atoms with Gasteiger partial charge in [0.05, 0.1) is 13.7 Å². The van der Waals surface area contributed by atoms with Crippen LogP contribution in [0, 0.1) is 0 Å². The highest BCUT2D eigenvalue weighted by atomic mass is 16.6. The fourth-order valence-corrected chi connectivity index (χ4v) is 0.650. The predicted molar refractivity (Wildman–Crippen MR) is 39.0 cm³/mol. The zero-order chi connectivity index (χ0) is 8.97. The van der Waals surface area contributed by atoms with E-state index in [1.807, 2.05) is 0 Å². The van der Waals surface area contributed by atoms with Gasteiger partial charge in [-0.15, -0.1) is 0 Å². The number of hydrogen-bond acceptors (Lipinski definition) is 5. The summed E-state index contributed by atoms with van der Waals surface area (Å²) in [6.07, 6.45) is 1.25. The van der Waals surface area contributed by atoms with Crippen LogP contribution in [-0.4, -0.2) is 24.7 Å². The van der Waals surface area contributed by atoms with E-state index >= 15 is 0 Å². The Bertz CT molecular complexity index is 268. The summed E-state index contributed by atoms with van der Waals surface area (Å²) in [6, 6.07) is 0. The SMILES string of the molecule is CCOC(=O)c1coc(OC)n1. The molecular weight excluding hydrogens is 162 g/mol. The minimum absolute atomic E-state index is 0.0538. The summed E-state index contributed by atoms with van der Waals surface area (Å²) in [7, 11) is 1.40. The molecule has 0 saturated heterocycles. The summed E-state index contributed by atoms with van der Waals surface area (Å²) in [6.45, 7) is 2.03. The summed E-state index contributed by atoms with van der Waals surface area (Å²) >= 11 is 0. The maximum atomic E-state index is 11.0. The molecule has 0 aromatic carbocycles. The fraction of sp³-hybridized carbons (Fsp3) is 0.429. The smallest absolute Gasteiger partial charge is 0.393 e.